The summed E-state index contributed by atoms with van der Waals surface area (Å²) >= 11 is 0. The molecule has 1 fully saturated rings. The van der Waals surface area contributed by atoms with Crippen LogP contribution in [0.1, 0.15) is 39.5 Å². The second-order valence-electron chi connectivity index (χ2n) is 4.23. The van der Waals surface area contributed by atoms with E-state index in [1.165, 1.54) is 0 Å². The molecule has 0 bridgehead atoms. The maximum Gasteiger partial charge on any atom is 0.329 e. The second-order valence-corrected chi connectivity index (χ2v) is 4.23. The number of nitrogens with one attached hydrogen (secondary N) is 2. The molecule has 1 saturated heterocycles. The van der Waals surface area contributed by atoms with Crippen LogP contribution in [0.2, 0.25) is 0 Å². The van der Waals surface area contributed by atoms with Crippen molar-refractivity contribution >= 4 is 11.9 Å². The summed E-state index contributed by atoms with van der Waals surface area (Å²) in [7, 11) is 0. The van der Waals surface area contributed by atoms with E-state index in [1.807, 2.05) is 0 Å². The van der Waals surface area contributed by atoms with E-state index in [1.54, 1.807) is 13.8 Å². The highest BCUT2D eigenvalue weighted by molar-refractivity contribution is 5.89. The molecule has 3 N–H and O–H groups in total. The average molecular weight is 228 g/mol. The van der Waals surface area contributed by atoms with Gasteiger partial charge in [-0.15, -0.1) is 0 Å². The Hall–Kier alpha value is -1.10. The Labute approximate surface area is 95.6 Å². The highest BCUT2D eigenvalue weighted by Gasteiger charge is 2.38. The smallest absolute Gasteiger partial charge is 0.329 e. The highest BCUT2D eigenvalue weighted by atomic mass is 16.4. The Balaban J connectivity index is 2.67. The Bertz CT molecular complexity index is 268. The van der Waals surface area contributed by atoms with Crippen molar-refractivity contribution in [2.45, 2.75) is 51.1 Å². The van der Waals surface area contributed by atoms with E-state index in [0.29, 0.717) is 12.8 Å². The molecule has 1 atom stereocenters. The summed E-state index contributed by atoms with van der Waals surface area (Å²) in [5.74, 6) is -1.15. The number of rotatable bonds is 5. The Kier molecular flexibility index (Phi) is 4.29. The number of carboxylic acids is 1. The quantitative estimate of drug-likeness (QED) is 0.640. The first-order valence-corrected chi connectivity index (χ1v) is 5.84. The molecule has 0 radical (unpaired) electrons. The molecule has 0 unspecified atom stereocenters. The number of amides is 1. The van der Waals surface area contributed by atoms with Crippen molar-refractivity contribution in [2.24, 2.45) is 0 Å². The number of carboxylic acid groups (broad SMARTS) is 1. The summed E-state index contributed by atoms with van der Waals surface area (Å²) < 4.78 is 0. The van der Waals surface area contributed by atoms with E-state index < -0.39 is 11.5 Å². The SMILES string of the molecule is CCC(CC)(NC(=O)[C@H]1CCCN1)C(=O)O. The molecule has 0 aromatic heterocycles. The summed E-state index contributed by atoms with van der Waals surface area (Å²) in [5.41, 5.74) is -1.11. The van der Waals surface area contributed by atoms with Crippen molar-refractivity contribution in [3.05, 3.63) is 0 Å². The van der Waals surface area contributed by atoms with Crippen LogP contribution in [-0.4, -0.2) is 35.1 Å². The van der Waals surface area contributed by atoms with Gasteiger partial charge in [0.1, 0.15) is 5.54 Å². The maximum absolute atomic E-state index is 11.8. The van der Waals surface area contributed by atoms with Crippen molar-refractivity contribution in [3.8, 4) is 0 Å². The van der Waals surface area contributed by atoms with Crippen molar-refractivity contribution in [1.29, 1.82) is 0 Å². The van der Waals surface area contributed by atoms with Gasteiger partial charge in [-0.2, -0.15) is 0 Å². The number of hydrogen-bond donors (Lipinski definition) is 3. The molecule has 1 amide bonds. The van der Waals surface area contributed by atoms with E-state index >= 15 is 0 Å². The van der Waals surface area contributed by atoms with Crippen molar-refractivity contribution < 1.29 is 14.7 Å². The molecule has 5 nitrogen and oxygen atoms in total. The lowest BCUT2D eigenvalue weighted by Gasteiger charge is -2.29. The van der Waals surface area contributed by atoms with Crippen LogP contribution in [0.3, 0.4) is 0 Å². The minimum absolute atomic E-state index is 0.191. The largest absolute Gasteiger partial charge is 0.480 e. The standard InChI is InChI=1S/C11H20N2O3/c1-3-11(4-2,10(15)16)13-9(14)8-6-5-7-12-8/h8,12H,3-7H2,1-2H3,(H,13,14)(H,15,16)/t8-/m1/s1. The van der Waals surface area contributed by atoms with Crippen molar-refractivity contribution in [1.82, 2.24) is 10.6 Å². The van der Waals surface area contributed by atoms with Gasteiger partial charge in [-0.05, 0) is 32.2 Å². The van der Waals surface area contributed by atoms with Gasteiger partial charge in [0.25, 0.3) is 0 Å². The number of aliphatic carboxylic acids is 1. The van der Waals surface area contributed by atoms with Gasteiger partial charge in [0.05, 0.1) is 6.04 Å². The predicted molar refractivity (Wildman–Crippen MR) is 60.1 cm³/mol. The zero-order valence-corrected chi connectivity index (χ0v) is 9.88. The van der Waals surface area contributed by atoms with Crippen LogP contribution in [-0.2, 0) is 9.59 Å². The van der Waals surface area contributed by atoms with E-state index in [-0.39, 0.29) is 11.9 Å². The maximum atomic E-state index is 11.8. The van der Waals surface area contributed by atoms with E-state index in [2.05, 4.69) is 10.6 Å². The number of carbonyl (C=O) groups is 2. The molecular formula is C11H20N2O3. The molecule has 0 spiro atoms. The summed E-state index contributed by atoms with van der Waals surface area (Å²) in [6.07, 6.45) is 2.56. The first-order chi connectivity index (χ1) is 7.55. The van der Waals surface area contributed by atoms with Crippen LogP contribution in [0.25, 0.3) is 0 Å². The molecular weight excluding hydrogens is 208 g/mol. The van der Waals surface area contributed by atoms with Gasteiger partial charge in [-0.3, -0.25) is 4.79 Å². The van der Waals surface area contributed by atoms with E-state index in [4.69, 9.17) is 0 Å². The lowest BCUT2D eigenvalue weighted by atomic mass is 9.92. The van der Waals surface area contributed by atoms with Crippen molar-refractivity contribution in [2.75, 3.05) is 6.54 Å². The van der Waals surface area contributed by atoms with Crippen molar-refractivity contribution in [3.63, 3.8) is 0 Å². The third-order valence-corrected chi connectivity index (χ3v) is 3.36. The lowest BCUT2D eigenvalue weighted by molar-refractivity contribution is -0.148. The topological polar surface area (TPSA) is 78.4 Å². The van der Waals surface area contributed by atoms with Gasteiger partial charge in [-0.25, -0.2) is 4.79 Å². The molecule has 1 rings (SSSR count). The summed E-state index contributed by atoms with van der Waals surface area (Å²) in [4.78, 5) is 23.0. The van der Waals surface area contributed by atoms with Gasteiger partial charge in [0, 0.05) is 0 Å². The average Bonchev–Trinajstić information content (AvgIpc) is 2.78. The minimum atomic E-state index is -1.11. The Morgan fingerprint density at radius 3 is 2.44 bits per heavy atom. The van der Waals surface area contributed by atoms with Crippen LogP contribution in [0, 0.1) is 0 Å². The predicted octanol–water partition coefficient (Wildman–Crippen LogP) is 0.498. The molecule has 1 heterocycles. The van der Waals surface area contributed by atoms with E-state index in [0.717, 1.165) is 19.4 Å². The van der Waals surface area contributed by atoms with Crippen LogP contribution in [0.15, 0.2) is 0 Å². The minimum Gasteiger partial charge on any atom is -0.480 e. The fourth-order valence-corrected chi connectivity index (χ4v) is 2.01. The zero-order chi connectivity index (χ0) is 12.2. The number of carbonyl (C=O) groups excluding carboxylic acids is 1. The summed E-state index contributed by atoms with van der Waals surface area (Å²) in [6.45, 7) is 4.39. The third-order valence-electron chi connectivity index (χ3n) is 3.36. The molecule has 16 heavy (non-hydrogen) atoms. The molecule has 1 aliphatic rings. The Morgan fingerprint density at radius 1 is 1.44 bits per heavy atom. The van der Waals surface area contributed by atoms with Crippen LogP contribution < -0.4 is 10.6 Å². The molecule has 0 aromatic carbocycles. The molecule has 5 heteroatoms. The van der Waals surface area contributed by atoms with Crippen LogP contribution >= 0.6 is 0 Å². The van der Waals surface area contributed by atoms with E-state index in [9.17, 15) is 14.7 Å². The second kappa shape index (κ2) is 5.30. The van der Waals surface area contributed by atoms with Crippen LogP contribution in [0.5, 0.6) is 0 Å². The van der Waals surface area contributed by atoms with Gasteiger partial charge in [0.15, 0.2) is 0 Å². The fourth-order valence-electron chi connectivity index (χ4n) is 2.01. The number of hydrogen-bond acceptors (Lipinski definition) is 3. The lowest BCUT2D eigenvalue weighted by Crippen LogP contribution is -2.57. The molecule has 0 aliphatic carbocycles. The molecule has 92 valence electrons. The van der Waals surface area contributed by atoms with Gasteiger partial charge in [0.2, 0.25) is 5.91 Å². The summed E-state index contributed by atoms with van der Waals surface area (Å²) in [5, 5.41) is 14.9. The van der Waals surface area contributed by atoms with Crippen LogP contribution in [0.4, 0.5) is 0 Å². The molecule has 0 aromatic rings. The Morgan fingerprint density at radius 2 is 2.06 bits per heavy atom. The fraction of sp³-hybridized carbons (Fsp3) is 0.818. The normalized spacial score (nSPS) is 20.8. The van der Waals surface area contributed by atoms with Gasteiger partial charge < -0.3 is 15.7 Å². The van der Waals surface area contributed by atoms with Gasteiger partial charge >= 0.3 is 5.97 Å². The molecule has 1 aliphatic heterocycles. The molecule has 0 saturated carbocycles. The third kappa shape index (κ3) is 2.52. The first kappa shape index (κ1) is 13.0. The first-order valence-electron chi connectivity index (χ1n) is 5.84. The summed E-state index contributed by atoms with van der Waals surface area (Å²) in [6, 6.07) is -0.225. The highest BCUT2D eigenvalue weighted by Crippen LogP contribution is 2.16. The van der Waals surface area contributed by atoms with Gasteiger partial charge in [-0.1, -0.05) is 13.8 Å². The monoisotopic (exact) mass is 228 g/mol. The zero-order valence-electron chi connectivity index (χ0n) is 9.88.